The van der Waals surface area contributed by atoms with Crippen LogP contribution in [0.4, 0.5) is 0 Å². The molecule has 0 aliphatic heterocycles. The zero-order valence-electron chi connectivity index (χ0n) is 10.6. The van der Waals surface area contributed by atoms with Crippen molar-refractivity contribution in [1.29, 1.82) is 0 Å². The predicted octanol–water partition coefficient (Wildman–Crippen LogP) is 3.27. The number of carbonyl (C=O) groups is 1. The summed E-state index contributed by atoms with van der Waals surface area (Å²) in [5.74, 6) is 0.384. The van der Waals surface area contributed by atoms with Gasteiger partial charge in [-0.15, -0.1) is 11.3 Å². The quantitative estimate of drug-likeness (QED) is 0.691. The molecule has 20 heavy (non-hydrogen) atoms. The SMILES string of the molecule is COC(=O)c1ccccc1Oc1ncnc2sccc12. The molecule has 0 atom stereocenters. The highest BCUT2D eigenvalue weighted by atomic mass is 32.1. The molecule has 100 valence electrons. The molecule has 3 aromatic rings. The van der Waals surface area contributed by atoms with Crippen LogP contribution in [0.25, 0.3) is 10.2 Å². The molecule has 0 saturated heterocycles. The Morgan fingerprint density at radius 1 is 1.20 bits per heavy atom. The van der Waals surface area contributed by atoms with Crippen molar-refractivity contribution in [3.05, 3.63) is 47.6 Å². The van der Waals surface area contributed by atoms with Gasteiger partial charge in [0, 0.05) is 0 Å². The number of hydrogen-bond acceptors (Lipinski definition) is 6. The standard InChI is InChI=1S/C14H10N2O3S/c1-18-14(17)9-4-2-3-5-11(9)19-12-10-6-7-20-13(10)16-8-15-12/h2-8H,1H3. The molecule has 0 aliphatic carbocycles. The summed E-state index contributed by atoms with van der Waals surface area (Å²) in [5.41, 5.74) is 0.358. The maximum atomic E-state index is 11.7. The number of carbonyl (C=O) groups excluding carboxylic acids is 1. The van der Waals surface area contributed by atoms with E-state index >= 15 is 0 Å². The largest absolute Gasteiger partial charge is 0.465 e. The van der Waals surface area contributed by atoms with Gasteiger partial charge in [0.15, 0.2) is 0 Å². The van der Waals surface area contributed by atoms with Gasteiger partial charge in [-0.2, -0.15) is 0 Å². The normalized spacial score (nSPS) is 10.4. The molecule has 0 N–H and O–H groups in total. The number of esters is 1. The third kappa shape index (κ3) is 2.21. The van der Waals surface area contributed by atoms with E-state index in [1.54, 1.807) is 24.3 Å². The van der Waals surface area contributed by atoms with Crippen LogP contribution in [0.3, 0.4) is 0 Å². The van der Waals surface area contributed by atoms with Gasteiger partial charge in [0.25, 0.3) is 0 Å². The average Bonchev–Trinajstić information content (AvgIpc) is 2.96. The van der Waals surface area contributed by atoms with Gasteiger partial charge in [-0.3, -0.25) is 0 Å². The smallest absolute Gasteiger partial charge is 0.341 e. The number of ether oxygens (including phenoxy) is 2. The fourth-order valence-corrected chi connectivity index (χ4v) is 2.51. The Kier molecular flexibility index (Phi) is 3.30. The summed E-state index contributed by atoms with van der Waals surface area (Å²) in [6, 6.07) is 8.77. The second-order valence-electron chi connectivity index (χ2n) is 3.91. The van der Waals surface area contributed by atoms with E-state index < -0.39 is 5.97 Å². The summed E-state index contributed by atoms with van der Waals surface area (Å²) in [6.45, 7) is 0. The molecule has 0 spiro atoms. The van der Waals surface area contributed by atoms with Gasteiger partial charge >= 0.3 is 5.97 Å². The highest BCUT2D eigenvalue weighted by Crippen LogP contribution is 2.31. The minimum atomic E-state index is -0.448. The highest BCUT2D eigenvalue weighted by molar-refractivity contribution is 7.16. The molecule has 6 heteroatoms. The van der Waals surface area contributed by atoms with E-state index in [0.717, 1.165) is 10.2 Å². The van der Waals surface area contributed by atoms with E-state index in [-0.39, 0.29) is 0 Å². The molecule has 0 aliphatic rings. The van der Waals surface area contributed by atoms with Crippen molar-refractivity contribution in [3.63, 3.8) is 0 Å². The monoisotopic (exact) mass is 286 g/mol. The van der Waals surface area contributed by atoms with Crippen LogP contribution in [0.5, 0.6) is 11.6 Å². The molecule has 0 radical (unpaired) electrons. The molecule has 1 aromatic carbocycles. The fourth-order valence-electron chi connectivity index (χ4n) is 1.79. The van der Waals surface area contributed by atoms with E-state index in [9.17, 15) is 4.79 Å². The van der Waals surface area contributed by atoms with Crippen LogP contribution in [0.15, 0.2) is 42.0 Å². The van der Waals surface area contributed by atoms with E-state index in [1.807, 2.05) is 11.4 Å². The van der Waals surface area contributed by atoms with Crippen molar-refractivity contribution in [1.82, 2.24) is 9.97 Å². The summed E-state index contributed by atoms with van der Waals surface area (Å²) >= 11 is 1.50. The molecule has 5 nitrogen and oxygen atoms in total. The highest BCUT2D eigenvalue weighted by Gasteiger charge is 2.15. The van der Waals surface area contributed by atoms with Gasteiger partial charge in [-0.05, 0) is 23.6 Å². The average molecular weight is 286 g/mol. The predicted molar refractivity (Wildman–Crippen MR) is 75.3 cm³/mol. The number of hydrogen-bond donors (Lipinski definition) is 0. The minimum Gasteiger partial charge on any atom is -0.465 e. The zero-order chi connectivity index (χ0) is 13.9. The van der Waals surface area contributed by atoms with Crippen molar-refractivity contribution in [3.8, 4) is 11.6 Å². The van der Waals surface area contributed by atoms with Crippen molar-refractivity contribution < 1.29 is 14.3 Å². The lowest BCUT2D eigenvalue weighted by Gasteiger charge is -2.09. The third-order valence-corrected chi connectivity index (χ3v) is 3.54. The maximum absolute atomic E-state index is 11.7. The molecule has 2 aromatic heterocycles. The Balaban J connectivity index is 2.03. The number of methoxy groups -OCH3 is 1. The van der Waals surface area contributed by atoms with E-state index in [2.05, 4.69) is 9.97 Å². The number of fused-ring (bicyclic) bond motifs is 1. The van der Waals surface area contributed by atoms with Crippen LogP contribution in [-0.2, 0) is 4.74 Å². The van der Waals surface area contributed by atoms with Gasteiger partial charge in [-0.1, -0.05) is 12.1 Å². The third-order valence-electron chi connectivity index (χ3n) is 2.72. The second-order valence-corrected chi connectivity index (χ2v) is 4.80. The lowest BCUT2D eigenvalue weighted by atomic mass is 10.2. The Bertz CT molecular complexity index is 770. The maximum Gasteiger partial charge on any atom is 0.341 e. The summed E-state index contributed by atoms with van der Waals surface area (Å²) in [7, 11) is 1.33. The van der Waals surface area contributed by atoms with Crippen LogP contribution in [0.1, 0.15) is 10.4 Å². The van der Waals surface area contributed by atoms with Crippen molar-refractivity contribution in [2.24, 2.45) is 0 Å². The van der Waals surface area contributed by atoms with Gasteiger partial charge in [0.2, 0.25) is 5.88 Å². The molecule has 0 saturated carbocycles. The number of rotatable bonds is 3. The summed E-state index contributed by atoms with van der Waals surface area (Å²) in [6.07, 6.45) is 1.44. The lowest BCUT2D eigenvalue weighted by Crippen LogP contribution is -2.03. The molecular formula is C14H10N2O3S. The Morgan fingerprint density at radius 2 is 2.05 bits per heavy atom. The summed E-state index contributed by atoms with van der Waals surface area (Å²) < 4.78 is 10.5. The Morgan fingerprint density at radius 3 is 2.90 bits per heavy atom. The van der Waals surface area contributed by atoms with E-state index in [1.165, 1.54) is 24.8 Å². The van der Waals surface area contributed by atoms with Crippen LogP contribution in [0, 0.1) is 0 Å². The van der Waals surface area contributed by atoms with Gasteiger partial charge in [0.1, 0.15) is 22.5 Å². The van der Waals surface area contributed by atoms with Crippen LogP contribution in [0.2, 0.25) is 0 Å². The van der Waals surface area contributed by atoms with E-state index in [4.69, 9.17) is 9.47 Å². The van der Waals surface area contributed by atoms with Crippen molar-refractivity contribution in [2.75, 3.05) is 7.11 Å². The Labute approximate surface area is 118 Å². The summed E-state index contributed by atoms with van der Waals surface area (Å²) in [4.78, 5) is 20.8. The number of aromatic nitrogens is 2. The molecule has 2 heterocycles. The van der Waals surface area contributed by atoms with Crippen molar-refractivity contribution >= 4 is 27.5 Å². The molecular weight excluding hydrogens is 276 g/mol. The van der Waals surface area contributed by atoms with Crippen LogP contribution >= 0.6 is 11.3 Å². The molecule has 0 bridgehead atoms. The molecule has 3 rings (SSSR count). The first-order valence-corrected chi connectivity index (χ1v) is 6.71. The van der Waals surface area contributed by atoms with Crippen molar-refractivity contribution in [2.45, 2.75) is 0 Å². The van der Waals surface area contributed by atoms with Gasteiger partial charge < -0.3 is 9.47 Å². The number of para-hydroxylation sites is 1. The molecule has 0 fully saturated rings. The number of thiophene rings is 1. The fraction of sp³-hybridized carbons (Fsp3) is 0.0714. The molecule has 0 unspecified atom stereocenters. The number of nitrogens with zero attached hydrogens (tertiary/aromatic N) is 2. The Hall–Kier alpha value is -2.47. The van der Waals surface area contributed by atoms with Gasteiger partial charge in [-0.25, -0.2) is 14.8 Å². The first kappa shape index (κ1) is 12.6. The van der Waals surface area contributed by atoms with E-state index in [0.29, 0.717) is 17.2 Å². The van der Waals surface area contributed by atoms with Gasteiger partial charge in [0.05, 0.1) is 12.5 Å². The first-order valence-electron chi connectivity index (χ1n) is 5.83. The first-order chi connectivity index (χ1) is 9.79. The topological polar surface area (TPSA) is 61.3 Å². The molecule has 0 amide bonds. The van der Waals surface area contributed by atoms with Crippen LogP contribution < -0.4 is 4.74 Å². The summed E-state index contributed by atoms with van der Waals surface area (Å²) in [5, 5.41) is 2.73. The zero-order valence-corrected chi connectivity index (χ0v) is 11.4. The minimum absolute atomic E-state index is 0.358. The number of benzene rings is 1. The van der Waals surface area contributed by atoms with Crippen LogP contribution in [-0.4, -0.2) is 23.0 Å². The lowest BCUT2D eigenvalue weighted by molar-refractivity contribution is 0.0598. The second kappa shape index (κ2) is 5.26.